The van der Waals surface area contributed by atoms with E-state index in [9.17, 15) is 0 Å². The fourth-order valence-corrected chi connectivity index (χ4v) is 0.422. The summed E-state index contributed by atoms with van der Waals surface area (Å²) in [5, 5.41) is 0. The van der Waals surface area contributed by atoms with Crippen LogP contribution in [0.25, 0.3) is 0 Å². The van der Waals surface area contributed by atoms with E-state index in [1.165, 1.54) is 6.20 Å². The second-order valence-corrected chi connectivity index (χ2v) is 1.65. The van der Waals surface area contributed by atoms with E-state index >= 15 is 0 Å². The Morgan fingerprint density at radius 2 is 2.00 bits per heavy atom. The van der Waals surface area contributed by atoms with Gasteiger partial charge in [-0.25, -0.2) is 0 Å². The minimum atomic E-state index is 0.660. The molecule has 0 aromatic carbocycles. The van der Waals surface area contributed by atoms with Crippen LogP contribution in [0.2, 0.25) is 0 Å². The molecule has 0 atom stereocenters. The average molecular weight is 136 g/mol. The molecule has 2 nitrogen and oxygen atoms in total. The summed E-state index contributed by atoms with van der Waals surface area (Å²) in [6, 6.07) is 0. The molecular weight excluding hydrogens is 124 g/mol. The molecule has 0 aliphatic carbocycles. The SMILES string of the molecule is C=C/C=C(N)/C=C/C=C\N. The van der Waals surface area contributed by atoms with Crippen molar-refractivity contribution >= 4 is 0 Å². The van der Waals surface area contributed by atoms with Crippen LogP contribution >= 0.6 is 0 Å². The number of rotatable bonds is 3. The van der Waals surface area contributed by atoms with Gasteiger partial charge in [0.1, 0.15) is 0 Å². The monoisotopic (exact) mass is 136 g/mol. The van der Waals surface area contributed by atoms with E-state index in [0.717, 1.165) is 0 Å². The summed E-state index contributed by atoms with van der Waals surface area (Å²) >= 11 is 0. The highest BCUT2D eigenvalue weighted by Gasteiger charge is 1.73. The van der Waals surface area contributed by atoms with Crippen LogP contribution in [0.3, 0.4) is 0 Å². The van der Waals surface area contributed by atoms with Crippen molar-refractivity contribution in [3.63, 3.8) is 0 Å². The van der Waals surface area contributed by atoms with Crippen molar-refractivity contribution in [2.24, 2.45) is 11.5 Å². The van der Waals surface area contributed by atoms with Crippen molar-refractivity contribution in [1.29, 1.82) is 0 Å². The molecule has 0 aliphatic rings. The van der Waals surface area contributed by atoms with Gasteiger partial charge in [0.2, 0.25) is 0 Å². The molecule has 0 saturated carbocycles. The molecule has 0 fully saturated rings. The van der Waals surface area contributed by atoms with Crippen LogP contribution in [0.5, 0.6) is 0 Å². The van der Waals surface area contributed by atoms with E-state index in [1.807, 2.05) is 0 Å². The van der Waals surface area contributed by atoms with Crippen LogP contribution in [-0.4, -0.2) is 0 Å². The zero-order valence-corrected chi connectivity index (χ0v) is 5.83. The van der Waals surface area contributed by atoms with Crippen molar-refractivity contribution in [3.8, 4) is 0 Å². The van der Waals surface area contributed by atoms with E-state index in [-0.39, 0.29) is 0 Å². The number of nitrogens with two attached hydrogens (primary N) is 2. The topological polar surface area (TPSA) is 52.0 Å². The molecule has 0 aromatic heterocycles. The highest BCUT2D eigenvalue weighted by molar-refractivity contribution is 5.22. The first kappa shape index (κ1) is 8.56. The summed E-state index contributed by atoms with van der Waals surface area (Å²) in [6.45, 7) is 3.50. The van der Waals surface area contributed by atoms with Gasteiger partial charge in [0, 0.05) is 5.70 Å². The third-order valence-electron chi connectivity index (χ3n) is 0.821. The van der Waals surface area contributed by atoms with Gasteiger partial charge in [-0.2, -0.15) is 0 Å². The Kier molecular flexibility index (Phi) is 4.87. The molecule has 0 aliphatic heterocycles. The first-order valence-corrected chi connectivity index (χ1v) is 2.94. The van der Waals surface area contributed by atoms with Gasteiger partial charge >= 0.3 is 0 Å². The average Bonchev–Trinajstić information content (AvgIpc) is 1.89. The molecule has 0 rings (SSSR count). The van der Waals surface area contributed by atoms with Gasteiger partial charge in [0.05, 0.1) is 0 Å². The first-order chi connectivity index (χ1) is 4.81. The van der Waals surface area contributed by atoms with Gasteiger partial charge in [-0.3, -0.25) is 0 Å². The summed E-state index contributed by atoms with van der Waals surface area (Å²) in [5.74, 6) is 0. The third-order valence-corrected chi connectivity index (χ3v) is 0.821. The largest absolute Gasteiger partial charge is 0.405 e. The lowest BCUT2D eigenvalue weighted by Gasteiger charge is -1.85. The standard InChI is InChI=1S/C8H12N2/c1-2-5-8(10)6-3-4-7-9/h2-7H,1,9-10H2/b6-3+,7-4-,8-5-. The summed E-state index contributed by atoms with van der Waals surface area (Å²) < 4.78 is 0. The summed E-state index contributed by atoms with van der Waals surface area (Å²) in [4.78, 5) is 0. The Morgan fingerprint density at radius 3 is 2.50 bits per heavy atom. The van der Waals surface area contributed by atoms with Gasteiger partial charge in [0.15, 0.2) is 0 Å². The highest BCUT2D eigenvalue weighted by atomic mass is 14.5. The van der Waals surface area contributed by atoms with E-state index in [2.05, 4.69) is 6.58 Å². The predicted molar refractivity (Wildman–Crippen MR) is 44.9 cm³/mol. The number of hydrogen-bond acceptors (Lipinski definition) is 2. The van der Waals surface area contributed by atoms with Crippen LogP contribution in [0, 0.1) is 0 Å². The number of hydrogen-bond donors (Lipinski definition) is 2. The van der Waals surface area contributed by atoms with E-state index in [0.29, 0.717) is 5.70 Å². The van der Waals surface area contributed by atoms with Gasteiger partial charge in [-0.1, -0.05) is 18.7 Å². The molecular formula is C8H12N2. The summed E-state index contributed by atoms with van der Waals surface area (Å²) in [7, 11) is 0. The molecule has 0 bridgehead atoms. The van der Waals surface area contributed by atoms with Gasteiger partial charge in [-0.05, 0) is 24.4 Å². The molecule has 0 heterocycles. The lowest BCUT2D eigenvalue weighted by Crippen LogP contribution is -1.90. The van der Waals surface area contributed by atoms with Crippen LogP contribution in [-0.2, 0) is 0 Å². The van der Waals surface area contributed by atoms with Gasteiger partial charge in [-0.15, -0.1) is 0 Å². The molecule has 4 N–H and O–H groups in total. The van der Waals surface area contributed by atoms with Crippen molar-refractivity contribution < 1.29 is 0 Å². The Labute approximate surface area is 61.2 Å². The maximum Gasteiger partial charge on any atom is 0.0313 e. The summed E-state index contributed by atoms with van der Waals surface area (Å²) in [6.07, 6.45) is 9.98. The zero-order valence-electron chi connectivity index (χ0n) is 5.83. The Hall–Kier alpha value is -1.44. The number of allylic oxidation sites excluding steroid dienone is 5. The normalized spacial score (nSPS) is 13.0. The molecule has 0 unspecified atom stereocenters. The molecule has 0 aromatic rings. The zero-order chi connectivity index (χ0) is 7.82. The van der Waals surface area contributed by atoms with Crippen LogP contribution in [0.1, 0.15) is 0 Å². The van der Waals surface area contributed by atoms with Gasteiger partial charge in [0.25, 0.3) is 0 Å². The van der Waals surface area contributed by atoms with Crippen LogP contribution < -0.4 is 11.5 Å². The van der Waals surface area contributed by atoms with E-state index in [4.69, 9.17) is 11.5 Å². The van der Waals surface area contributed by atoms with Crippen molar-refractivity contribution in [2.45, 2.75) is 0 Å². The molecule has 2 heteroatoms. The van der Waals surface area contributed by atoms with Crippen molar-refractivity contribution in [3.05, 3.63) is 48.9 Å². The lowest BCUT2D eigenvalue weighted by molar-refractivity contribution is 1.42. The lowest BCUT2D eigenvalue weighted by atomic mass is 10.3. The quantitative estimate of drug-likeness (QED) is 0.569. The third kappa shape index (κ3) is 4.71. The maximum absolute atomic E-state index is 5.45. The Balaban J connectivity index is 3.88. The molecule has 0 radical (unpaired) electrons. The molecule has 0 amide bonds. The Bertz CT molecular complexity index is 176. The first-order valence-electron chi connectivity index (χ1n) is 2.94. The fraction of sp³-hybridized carbons (Fsp3) is 0. The molecule has 10 heavy (non-hydrogen) atoms. The van der Waals surface area contributed by atoms with Crippen LogP contribution in [0.4, 0.5) is 0 Å². The molecule has 0 saturated heterocycles. The van der Waals surface area contributed by atoms with Crippen LogP contribution in [0.15, 0.2) is 48.9 Å². The predicted octanol–water partition coefficient (Wildman–Crippen LogP) is 1.04. The van der Waals surface area contributed by atoms with E-state index < -0.39 is 0 Å². The highest BCUT2D eigenvalue weighted by Crippen LogP contribution is 1.86. The minimum absolute atomic E-state index is 0.660. The van der Waals surface area contributed by atoms with E-state index in [1.54, 1.807) is 30.4 Å². The van der Waals surface area contributed by atoms with Crippen molar-refractivity contribution in [1.82, 2.24) is 0 Å². The maximum atomic E-state index is 5.45. The Morgan fingerprint density at radius 1 is 1.30 bits per heavy atom. The fourth-order valence-electron chi connectivity index (χ4n) is 0.422. The molecule has 54 valence electrons. The second-order valence-electron chi connectivity index (χ2n) is 1.65. The summed E-state index contributed by atoms with van der Waals surface area (Å²) in [5.41, 5.74) is 11.2. The second kappa shape index (κ2) is 5.69. The molecule has 0 spiro atoms. The van der Waals surface area contributed by atoms with Gasteiger partial charge < -0.3 is 11.5 Å². The van der Waals surface area contributed by atoms with Crippen molar-refractivity contribution in [2.75, 3.05) is 0 Å². The minimum Gasteiger partial charge on any atom is -0.405 e. The smallest absolute Gasteiger partial charge is 0.0313 e.